The molecule has 1 aromatic carbocycles. The van der Waals surface area contributed by atoms with Crippen molar-refractivity contribution in [2.45, 2.75) is 26.7 Å². The van der Waals surface area contributed by atoms with Gasteiger partial charge in [0.05, 0.1) is 13.3 Å². The van der Waals surface area contributed by atoms with Crippen molar-refractivity contribution in [1.29, 1.82) is 0 Å². The van der Waals surface area contributed by atoms with E-state index < -0.39 is 0 Å². The molecule has 0 unspecified atom stereocenters. The van der Waals surface area contributed by atoms with Gasteiger partial charge in [-0.15, -0.1) is 11.3 Å². The van der Waals surface area contributed by atoms with Gasteiger partial charge < -0.3 is 14.5 Å². The summed E-state index contributed by atoms with van der Waals surface area (Å²) in [5, 5.41) is 2.89. The van der Waals surface area contributed by atoms with Crippen molar-refractivity contribution in [3.8, 4) is 17.2 Å². The molecule has 2 heterocycles. The summed E-state index contributed by atoms with van der Waals surface area (Å²) in [6.45, 7) is 6.06. The van der Waals surface area contributed by atoms with Crippen molar-refractivity contribution < 1.29 is 13.9 Å². The van der Waals surface area contributed by atoms with E-state index in [-0.39, 0.29) is 5.91 Å². The number of hydrogen-bond donors (Lipinski definition) is 1. The summed E-state index contributed by atoms with van der Waals surface area (Å²) in [5.74, 6) is 2.15. The Hall–Kier alpha value is -2.60. The second kappa shape index (κ2) is 7.11. The van der Waals surface area contributed by atoms with Crippen molar-refractivity contribution in [2.75, 3.05) is 12.4 Å². The van der Waals surface area contributed by atoms with Gasteiger partial charge in [0.2, 0.25) is 5.89 Å². The lowest BCUT2D eigenvalue weighted by molar-refractivity contribution is 0.102. The Morgan fingerprint density at radius 2 is 2.00 bits per heavy atom. The number of carbonyl (C=O) groups excluding carboxylic acids is 1. The minimum absolute atomic E-state index is 0.180. The van der Waals surface area contributed by atoms with Crippen LogP contribution < -0.4 is 10.1 Å². The van der Waals surface area contributed by atoms with Crippen LogP contribution >= 0.6 is 11.3 Å². The monoisotopic (exact) mass is 356 g/mol. The molecule has 1 amide bonds. The van der Waals surface area contributed by atoms with Crippen LogP contribution in [0.3, 0.4) is 0 Å². The molecule has 0 radical (unpaired) electrons. The van der Waals surface area contributed by atoms with Crippen molar-refractivity contribution in [3.63, 3.8) is 0 Å². The van der Waals surface area contributed by atoms with Gasteiger partial charge in [-0.05, 0) is 37.3 Å². The average molecular weight is 356 g/mol. The fourth-order valence-corrected chi connectivity index (χ4v) is 3.25. The van der Waals surface area contributed by atoms with Crippen molar-refractivity contribution >= 4 is 22.9 Å². The highest BCUT2D eigenvalue weighted by atomic mass is 32.1. The molecule has 0 aliphatic carbocycles. The van der Waals surface area contributed by atoms with Crippen LogP contribution in [0.2, 0.25) is 0 Å². The van der Waals surface area contributed by atoms with Gasteiger partial charge in [0.1, 0.15) is 16.4 Å². The number of aromatic nitrogens is 1. The van der Waals surface area contributed by atoms with Crippen molar-refractivity contribution in [3.05, 3.63) is 52.0 Å². The molecule has 0 atom stereocenters. The largest absolute Gasteiger partial charge is 0.495 e. The number of thiophene rings is 1. The van der Waals surface area contributed by atoms with Crippen LogP contribution in [0.4, 0.5) is 5.69 Å². The van der Waals surface area contributed by atoms with Gasteiger partial charge in [0.15, 0.2) is 0 Å². The molecule has 6 heteroatoms. The van der Waals surface area contributed by atoms with Gasteiger partial charge in [-0.2, -0.15) is 0 Å². The van der Waals surface area contributed by atoms with E-state index in [1.807, 2.05) is 37.3 Å². The molecule has 0 spiro atoms. The number of aryl methyl sites for hydroxylation is 1. The minimum Gasteiger partial charge on any atom is -0.495 e. The van der Waals surface area contributed by atoms with Crippen molar-refractivity contribution in [2.24, 2.45) is 0 Å². The first-order valence-corrected chi connectivity index (χ1v) is 8.81. The lowest BCUT2D eigenvalue weighted by Gasteiger charge is -2.06. The molecule has 0 aliphatic heterocycles. The second-order valence-electron chi connectivity index (χ2n) is 6.01. The van der Waals surface area contributed by atoms with Crippen LogP contribution in [0.15, 0.2) is 40.9 Å². The number of amides is 1. The van der Waals surface area contributed by atoms with E-state index >= 15 is 0 Å². The zero-order chi connectivity index (χ0) is 18.0. The van der Waals surface area contributed by atoms with E-state index in [1.54, 1.807) is 13.3 Å². The average Bonchev–Trinajstić information content (AvgIpc) is 3.22. The topological polar surface area (TPSA) is 64.4 Å². The summed E-state index contributed by atoms with van der Waals surface area (Å²) in [6, 6.07) is 9.28. The summed E-state index contributed by atoms with van der Waals surface area (Å²) < 4.78 is 11.0. The van der Waals surface area contributed by atoms with Crippen LogP contribution in [0.1, 0.15) is 40.1 Å². The SMILES string of the molecule is COc1cc(C)sc1C(=O)Nc1ccc(-c2ncc(C(C)C)o2)cc1. The molecule has 0 bridgehead atoms. The predicted octanol–water partition coefficient (Wildman–Crippen LogP) is 5.10. The summed E-state index contributed by atoms with van der Waals surface area (Å²) in [5.41, 5.74) is 1.58. The Morgan fingerprint density at radius 3 is 2.60 bits per heavy atom. The number of nitrogens with one attached hydrogen (secondary N) is 1. The zero-order valence-electron chi connectivity index (χ0n) is 14.6. The van der Waals surface area contributed by atoms with Crippen LogP contribution in [0.5, 0.6) is 5.75 Å². The maximum atomic E-state index is 12.4. The number of carbonyl (C=O) groups is 1. The second-order valence-corrected chi connectivity index (χ2v) is 7.26. The van der Waals surface area contributed by atoms with Crippen LogP contribution in [-0.2, 0) is 0 Å². The lowest BCUT2D eigenvalue weighted by atomic mass is 10.2. The highest BCUT2D eigenvalue weighted by Crippen LogP contribution is 2.30. The smallest absolute Gasteiger partial charge is 0.269 e. The summed E-state index contributed by atoms with van der Waals surface area (Å²) in [6.07, 6.45) is 1.75. The highest BCUT2D eigenvalue weighted by molar-refractivity contribution is 7.14. The van der Waals surface area contributed by atoms with E-state index in [2.05, 4.69) is 24.1 Å². The van der Waals surface area contributed by atoms with Gasteiger partial charge >= 0.3 is 0 Å². The summed E-state index contributed by atoms with van der Waals surface area (Å²) in [4.78, 5) is 18.3. The number of oxazole rings is 1. The maximum Gasteiger partial charge on any atom is 0.269 e. The minimum atomic E-state index is -0.180. The van der Waals surface area contributed by atoms with Gasteiger partial charge in [-0.25, -0.2) is 4.98 Å². The number of rotatable bonds is 5. The molecule has 5 nitrogen and oxygen atoms in total. The molecular weight excluding hydrogens is 336 g/mol. The maximum absolute atomic E-state index is 12.4. The van der Waals surface area contributed by atoms with Gasteiger partial charge in [-0.3, -0.25) is 4.79 Å². The lowest BCUT2D eigenvalue weighted by Crippen LogP contribution is -2.11. The normalized spacial score (nSPS) is 10.9. The van der Waals surface area contributed by atoms with Gasteiger partial charge in [0, 0.05) is 22.0 Å². The molecule has 0 saturated heterocycles. The van der Waals surface area contributed by atoms with E-state index in [0.29, 0.717) is 28.1 Å². The molecule has 0 aliphatic rings. The summed E-state index contributed by atoms with van der Waals surface area (Å²) in [7, 11) is 1.56. The molecule has 25 heavy (non-hydrogen) atoms. The predicted molar refractivity (Wildman–Crippen MR) is 99.6 cm³/mol. The Kier molecular flexibility index (Phi) is 4.90. The van der Waals surface area contributed by atoms with E-state index in [1.165, 1.54) is 11.3 Å². The van der Waals surface area contributed by atoms with E-state index in [9.17, 15) is 4.79 Å². The zero-order valence-corrected chi connectivity index (χ0v) is 15.4. The summed E-state index contributed by atoms with van der Waals surface area (Å²) >= 11 is 1.41. The van der Waals surface area contributed by atoms with E-state index in [0.717, 1.165) is 16.2 Å². The third-order valence-corrected chi connectivity index (χ3v) is 4.76. The number of hydrogen-bond acceptors (Lipinski definition) is 5. The molecule has 2 aromatic heterocycles. The van der Waals surface area contributed by atoms with Crippen LogP contribution in [0.25, 0.3) is 11.5 Å². The first kappa shape index (κ1) is 17.2. The number of benzene rings is 1. The molecule has 3 aromatic rings. The van der Waals surface area contributed by atoms with Crippen LogP contribution in [-0.4, -0.2) is 18.0 Å². The quantitative estimate of drug-likeness (QED) is 0.691. The molecule has 1 N–H and O–H groups in total. The molecule has 0 fully saturated rings. The third-order valence-electron chi connectivity index (χ3n) is 3.73. The Labute approximate surface area is 150 Å². The first-order valence-electron chi connectivity index (χ1n) is 8.00. The molecule has 3 rings (SSSR count). The highest BCUT2D eigenvalue weighted by Gasteiger charge is 2.16. The van der Waals surface area contributed by atoms with Gasteiger partial charge in [-0.1, -0.05) is 13.8 Å². The molecular formula is C19H20N2O3S. The van der Waals surface area contributed by atoms with Gasteiger partial charge in [0.25, 0.3) is 5.91 Å². The van der Waals surface area contributed by atoms with Crippen molar-refractivity contribution in [1.82, 2.24) is 4.98 Å². The first-order chi connectivity index (χ1) is 12.0. The molecule has 0 saturated carbocycles. The number of nitrogens with zero attached hydrogens (tertiary/aromatic N) is 1. The standard InChI is InChI=1S/C19H20N2O3S/c1-11(2)16-10-20-19(24-16)13-5-7-14(8-6-13)21-18(22)17-15(23-4)9-12(3)25-17/h5-11H,1-4H3,(H,21,22). The third kappa shape index (κ3) is 3.74. The number of ether oxygens (including phenoxy) is 1. The number of methoxy groups -OCH3 is 1. The Morgan fingerprint density at radius 1 is 1.28 bits per heavy atom. The Bertz CT molecular complexity index is 878. The molecule has 130 valence electrons. The Balaban J connectivity index is 1.74. The fourth-order valence-electron chi connectivity index (χ4n) is 2.37. The number of anilines is 1. The van der Waals surface area contributed by atoms with E-state index in [4.69, 9.17) is 9.15 Å². The van der Waals surface area contributed by atoms with Crippen LogP contribution in [0, 0.1) is 6.92 Å². The fraction of sp³-hybridized carbons (Fsp3) is 0.263.